The molecule has 156 valence electrons. The fraction of sp³-hybridized carbons (Fsp3) is 0.714. The highest BCUT2D eigenvalue weighted by Crippen LogP contribution is 2.37. The Morgan fingerprint density at radius 1 is 1.25 bits per heavy atom. The summed E-state index contributed by atoms with van der Waals surface area (Å²) in [5.41, 5.74) is 0.915. The van der Waals surface area contributed by atoms with E-state index in [-0.39, 0.29) is 22.2 Å². The molecular formula is C21H33N3O4. The highest BCUT2D eigenvalue weighted by atomic mass is 16.6. The summed E-state index contributed by atoms with van der Waals surface area (Å²) in [4.78, 5) is 13.7. The molecular weight excluding hydrogens is 358 g/mol. The first kappa shape index (κ1) is 20.9. The number of ether oxygens (including phenoxy) is 2. The molecule has 2 fully saturated rings. The number of nitro benzene ring substituents is 1. The van der Waals surface area contributed by atoms with Gasteiger partial charge in [0.25, 0.3) is 5.69 Å². The van der Waals surface area contributed by atoms with Crippen LogP contribution in [0.25, 0.3) is 0 Å². The van der Waals surface area contributed by atoms with Gasteiger partial charge >= 0.3 is 0 Å². The first-order valence-electron chi connectivity index (χ1n) is 10.4. The van der Waals surface area contributed by atoms with Gasteiger partial charge in [0.15, 0.2) is 0 Å². The lowest BCUT2D eigenvalue weighted by molar-refractivity contribution is -0.384. The second kappa shape index (κ2) is 9.09. The van der Waals surface area contributed by atoms with Crippen LogP contribution in [0.15, 0.2) is 18.2 Å². The van der Waals surface area contributed by atoms with E-state index >= 15 is 0 Å². The average Bonchev–Trinajstić information content (AvgIpc) is 2.69. The summed E-state index contributed by atoms with van der Waals surface area (Å²) < 4.78 is 11.0. The Morgan fingerprint density at radius 3 is 2.50 bits per heavy atom. The molecule has 1 heterocycles. The SMILES string of the molecule is CCOc1ccc([N+](=O)[O-])c(NC2CCN([C@]3(C)CC[C@@H](OC)CC3)CC2)c1. The highest BCUT2D eigenvalue weighted by molar-refractivity contribution is 5.64. The lowest BCUT2D eigenvalue weighted by atomic mass is 9.79. The summed E-state index contributed by atoms with van der Waals surface area (Å²) >= 11 is 0. The van der Waals surface area contributed by atoms with Crippen molar-refractivity contribution in [3.05, 3.63) is 28.3 Å². The maximum atomic E-state index is 11.4. The lowest BCUT2D eigenvalue weighted by Gasteiger charge is -2.48. The number of piperidine rings is 1. The summed E-state index contributed by atoms with van der Waals surface area (Å²) in [6.07, 6.45) is 6.98. The topological polar surface area (TPSA) is 76.9 Å². The molecule has 1 saturated heterocycles. The zero-order valence-corrected chi connectivity index (χ0v) is 17.3. The van der Waals surface area contributed by atoms with Crippen LogP contribution in [0.3, 0.4) is 0 Å². The molecule has 7 nitrogen and oxygen atoms in total. The van der Waals surface area contributed by atoms with Gasteiger partial charge < -0.3 is 14.8 Å². The van der Waals surface area contributed by atoms with E-state index in [0.717, 1.165) is 38.8 Å². The number of hydrogen-bond donors (Lipinski definition) is 1. The predicted molar refractivity (Wildman–Crippen MR) is 110 cm³/mol. The number of hydrogen-bond acceptors (Lipinski definition) is 6. The number of likely N-dealkylation sites (tertiary alicyclic amines) is 1. The third kappa shape index (κ3) is 4.75. The molecule has 0 aromatic heterocycles. The van der Waals surface area contributed by atoms with E-state index in [1.54, 1.807) is 12.1 Å². The Labute approximate surface area is 167 Å². The van der Waals surface area contributed by atoms with Gasteiger partial charge in [-0.1, -0.05) is 0 Å². The summed E-state index contributed by atoms with van der Waals surface area (Å²) in [7, 11) is 1.81. The van der Waals surface area contributed by atoms with E-state index in [1.165, 1.54) is 18.9 Å². The molecule has 1 aliphatic carbocycles. The molecule has 1 aliphatic heterocycles. The fourth-order valence-corrected chi connectivity index (χ4v) is 4.60. The number of rotatable bonds is 7. The third-order valence-corrected chi connectivity index (χ3v) is 6.44. The van der Waals surface area contributed by atoms with E-state index in [1.807, 2.05) is 14.0 Å². The van der Waals surface area contributed by atoms with Crippen LogP contribution >= 0.6 is 0 Å². The van der Waals surface area contributed by atoms with Crippen molar-refractivity contribution in [3.8, 4) is 5.75 Å². The highest BCUT2D eigenvalue weighted by Gasteiger charge is 2.38. The molecule has 0 atom stereocenters. The first-order valence-corrected chi connectivity index (χ1v) is 10.4. The van der Waals surface area contributed by atoms with Crippen molar-refractivity contribution >= 4 is 11.4 Å². The minimum atomic E-state index is -0.331. The monoisotopic (exact) mass is 391 g/mol. The molecule has 7 heteroatoms. The lowest BCUT2D eigenvalue weighted by Crippen LogP contribution is -2.53. The smallest absolute Gasteiger partial charge is 0.292 e. The van der Waals surface area contributed by atoms with Crippen LogP contribution in [0, 0.1) is 10.1 Å². The number of nitrogens with zero attached hydrogens (tertiary/aromatic N) is 2. The van der Waals surface area contributed by atoms with Crippen molar-refractivity contribution < 1.29 is 14.4 Å². The first-order chi connectivity index (χ1) is 13.4. The molecule has 0 radical (unpaired) electrons. The van der Waals surface area contributed by atoms with E-state index in [4.69, 9.17) is 9.47 Å². The third-order valence-electron chi connectivity index (χ3n) is 6.44. The molecule has 0 unspecified atom stereocenters. The molecule has 3 rings (SSSR count). The van der Waals surface area contributed by atoms with Crippen LogP contribution < -0.4 is 10.1 Å². The van der Waals surface area contributed by atoms with Gasteiger partial charge in [-0.15, -0.1) is 0 Å². The second-order valence-corrected chi connectivity index (χ2v) is 8.21. The standard InChI is InChI=1S/C21H33N3O4/c1-4-28-18-5-6-20(24(25)26)19(15-18)22-16-9-13-23(14-10-16)21(2)11-7-17(27-3)8-12-21/h5-6,15-17,22H,4,7-14H2,1-3H3/t17-,21-. The molecule has 0 bridgehead atoms. The minimum Gasteiger partial charge on any atom is -0.494 e. The molecule has 1 saturated carbocycles. The van der Waals surface area contributed by atoms with E-state index in [0.29, 0.717) is 24.1 Å². The van der Waals surface area contributed by atoms with Crippen LogP contribution in [-0.4, -0.2) is 54.3 Å². The van der Waals surface area contributed by atoms with Crippen molar-refractivity contribution in [1.82, 2.24) is 4.90 Å². The normalized spacial score (nSPS) is 26.8. The van der Waals surface area contributed by atoms with Crippen molar-refractivity contribution in [1.29, 1.82) is 0 Å². The van der Waals surface area contributed by atoms with Crippen molar-refractivity contribution in [2.45, 2.75) is 70.1 Å². The fourth-order valence-electron chi connectivity index (χ4n) is 4.60. The van der Waals surface area contributed by atoms with Crippen LogP contribution in [0.5, 0.6) is 5.75 Å². The molecule has 1 N–H and O–H groups in total. The Bertz CT molecular complexity index is 666. The van der Waals surface area contributed by atoms with Gasteiger partial charge in [-0.2, -0.15) is 0 Å². The molecule has 0 spiro atoms. The van der Waals surface area contributed by atoms with E-state index in [2.05, 4.69) is 17.1 Å². The van der Waals surface area contributed by atoms with Gasteiger partial charge in [-0.3, -0.25) is 15.0 Å². The van der Waals surface area contributed by atoms with Crippen molar-refractivity contribution in [3.63, 3.8) is 0 Å². The number of nitro groups is 1. The molecule has 0 amide bonds. The van der Waals surface area contributed by atoms with Crippen LogP contribution in [-0.2, 0) is 4.74 Å². The van der Waals surface area contributed by atoms with Crippen LogP contribution in [0.2, 0.25) is 0 Å². The largest absolute Gasteiger partial charge is 0.494 e. The van der Waals surface area contributed by atoms with Gasteiger partial charge in [0, 0.05) is 43.9 Å². The van der Waals surface area contributed by atoms with Crippen molar-refractivity contribution in [2.75, 3.05) is 32.1 Å². The van der Waals surface area contributed by atoms with Crippen LogP contribution in [0.1, 0.15) is 52.4 Å². The van der Waals surface area contributed by atoms with Crippen LogP contribution in [0.4, 0.5) is 11.4 Å². The average molecular weight is 392 g/mol. The summed E-state index contributed by atoms with van der Waals surface area (Å²) in [6.45, 7) is 6.86. The Hall–Kier alpha value is -1.86. The Kier molecular flexibility index (Phi) is 6.78. The zero-order valence-electron chi connectivity index (χ0n) is 17.3. The number of methoxy groups -OCH3 is 1. The number of nitrogens with one attached hydrogen (secondary N) is 1. The maximum Gasteiger partial charge on any atom is 0.292 e. The second-order valence-electron chi connectivity index (χ2n) is 8.21. The summed E-state index contributed by atoms with van der Waals surface area (Å²) in [5, 5.41) is 14.8. The Balaban J connectivity index is 1.60. The quantitative estimate of drug-likeness (QED) is 0.554. The molecule has 2 aliphatic rings. The molecule has 1 aromatic rings. The van der Waals surface area contributed by atoms with Gasteiger partial charge in [0.05, 0.1) is 17.6 Å². The summed E-state index contributed by atoms with van der Waals surface area (Å²) in [6, 6.07) is 5.18. The number of benzene rings is 1. The van der Waals surface area contributed by atoms with E-state index < -0.39 is 0 Å². The maximum absolute atomic E-state index is 11.4. The van der Waals surface area contributed by atoms with Gasteiger partial charge in [-0.05, 0) is 58.4 Å². The molecule has 28 heavy (non-hydrogen) atoms. The summed E-state index contributed by atoms with van der Waals surface area (Å²) in [5.74, 6) is 0.662. The van der Waals surface area contributed by atoms with Gasteiger partial charge in [0.2, 0.25) is 0 Å². The minimum absolute atomic E-state index is 0.107. The van der Waals surface area contributed by atoms with E-state index in [9.17, 15) is 10.1 Å². The predicted octanol–water partition coefficient (Wildman–Crippen LogP) is 4.22. The van der Waals surface area contributed by atoms with Gasteiger partial charge in [0.1, 0.15) is 11.4 Å². The van der Waals surface area contributed by atoms with Gasteiger partial charge in [-0.25, -0.2) is 0 Å². The Morgan fingerprint density at radius 2 is 1.93 bits per heavy atom. The number of anilines is 1. The van der Waals surface area contributed by atoms with Crippen molar-refractivity contribution in [2.24, 2.45) is 0 Å². The zero-order chi connectivity index (χ0) is 20.1. The molecule has 1 aromatic carbocycles.